The van der Waals surface area contributed by atoms with E-state index in [1.807, 2.05) is 5.38 Å². The predicted molar refractivity (Wildman–Crippen MR) is 70.4 cm³/mol. The summed E-state index contributed by atoms with van der Waals surface area (Å²) in [5, 5.41) is 13.5. The van der Waals surface area contributed by atoms with E-state index in [1.165, 1.54) is 5.56 Å². The summed E-state index contributed by atoms with van der Waals surface area (Å²) in [5.41, 5.74) is 1.23. The van der Waals surface area contributed by atoms with Crippen LogP contribution in [0.4, 0.5) is 0 Å². The highest BCUT2D eigenvalue weighted by atomic mass is 32.1. The Labute approximate surface area is 107 Å². The smallest absolute Gasteiger partial charge is 0.307 e. The van der Waals surface area contributed by atoms with E-state index in [0.717, 1.165) is 19.3 Å². The van der Waals surface area contributed by atoms with Gasteiger partial charge in [0.1, 0.15) is 0 Å². The fraction of sp³-hybridized carbons (Fsp3) is 0.643. The van der Waals surface area contributed by atoms with Crippen LogP contribution >= 0.6 is 11.3 Å². The Kier molecular flexibility index (Phi) is 3.87. The van der Waals surface area contributed by atoms with E-state index < -0.39 is 5.97 Å². The first-order chi connectivity index (χ1) is 8.09. The van der Waals surface area contributed by atoms with Gasteiger partial charge >= 0.3 is 5.97 Å². The van der Waals surface area contributed by atoms with Gasteiger partial charge in [-0.15, -0.1) is 0 Å². The summed E-state index contributed by atoms with van der Waals surface area (Å²) < 4.78 is 0. The molecule has 0 amide bonds. The second-order valence-electron chi connectivity index (χ2n) is 5.43. The summed E-state index contributed by atoms with van der Waals surface area (Å²) in [6, 6.07) is 2.09. The van der Waals surface area contributed by atoms with Gasteiger partial charge in [-0.25, -0.2) is 0 Å². The molecule has 0 aliphatic heterocycles. The van der Waals surface area contributed by atoms with Crippen LogP contribution in [0.1, 0.15) is 44.6 Å². The van der Waals surface area contributed by atoms with E-state index in [4.69, 9.17) is 0 Å². The normalized spacial score (nSPS) is 29.5. The minimum atomic E-state index is -0.622. The molecule has 0 radical (unpaired) electrons. The quantitative estimate of drug-likeness (QED) is 0.883. The fourth-order valence-electron chi connectivity index (χ4n) is 2.96. The molecular formula is C14H20O2S. The van der Waals surface area contributed by atoms with Gasteiger partial charge in [0, 0.05) is 0 Å². The zero-order valence-corrected chi connectivity index (χ0v) is 11.2. The van der Waals surface area contributed by atoms with E-state index in [-0.39, 0.29) is 11.8 Å². The summed E-state index contributed by atoms with van der Waals surface area (Å²) in [4.78, 5) is 11.3. The number of rotatable bonds is 3. The van der Waals surface area contributed by atoms with Crippen LogP contribution < -0.4 is 0 Å². The van der Waals surface area contributed by atoms with E-state index in [1.54, 1.807) is 11.3 Å². The zero-order chi connectivity index (χ0) is 12.4. The Bertz CT molecular complexity index is 370. The van der Waals surface area contributed by atoms with E-state index >= 15 is 0 Å². The average molecular weight is 252 g/mol. The number of aliphatic carboxylic acids is 1. The molecule has 1 aliphatic carbocycles. The lowest BCUT2D eigenvalue weighted by molar-refractivity contribution is -0.144. The van der Waals surface area contributed by atoms with Crippen molar-refractivity contribution in [3.05, 3.63) is 22.4 Å². The lowest BCUT2D eigenvalue weighted by Crippen LogP contribution is -2.30. The second-order valence-corrected chi connectivity index (χ2v) is 6.21. The molecule has 1 heterocycles. The van der Waals surface area contributed by atoms with E-state index in [0.29, 0.717) is 11.8 Å². The number of carboxylic acids is 1. The highest BCUT2D eigenvalue weighted by Gasteiger charge is 2.36. The second kappa shape index (κ2) is 5.21. The molecule has 17 heavy (non-hydrogen) atoms. The van der Waals surface area contributed by atoms with Crippen molar-refractivity contribution in [3.8, 4) is 0 Å². The van der Waals surface area contributed by atoms with Crippen LogP contribution in [0.3, 0.4) is 0 Å². The first-order valence-electron chi connectivity index (χ1n) is 6.34. The molecule has 0 aromatic carbocycles. The molecule has 3 heteroatoms. The average Bonchev–Trinajstić information content (AvgIpc) is 2.81. The SMILES string of the molecule is CC(C)C1CCC(C(=O)O)C(c2ccsc2)C1. The standard InChI is InChI=1S/C14H20O2S/c1-9(2)10-3-4-12(14(15)16)13(7-10)11-5-6-17-8-11/h5-6,8-10,12-13H,3-4,7H2,1-2H3,(H,15,16). The zero-order valence-electron chi connectivity index (χ0n) is 10.4. The van der Waals surface area contributed by atoms with Crippen LogP contribution in [0, 0.1) is 17.8 Å². The minimum absolute atomic E-state index is 0.181. The maximum atomic E-state index is 11.3. The van der Waals surface area contributed by atoms with Crippen molar-refractivity contribution < 1.29 is 9.90 Å². The van der Waals surface area contributed by atoms with Gasteiger partial charge in [0.15, 0.2) is 0 Å². The Morgan fingerprint density at radius 3 is 2.76 bits per heavy atom. The van der Waals surface area contributed by atoms with Crippen molar-refractivity contribution in [2.75, 3.05) is 0 Å². The third kappa shape index (κ3) is 2.71. The molecule has 3 atom stereocenters. The van der Waals surface area contributed by atoms with E-state index in [9.17, 15) is 9.90 Å². The Balaban J connectivity index is 2.19. The van der Waals surface area contributed by atoms with Gasteiger partial charge in [0.25, 0.3) is 0 Å². The molecule has 1 fully saturated rings. The van der Waals surface area contributed by atoms with Gasteiger partial charge < -0.3 is 5.11 Å². The summed E-state index contributed by atoms with van der Waals surface area (Å²) >= 11 is 1.66. The van der Waals surface area contributed by atoms with Crippen LogP contribution in [-0.2, 0) is 4.79 Å². The first kappa shape index (κ1) is 12.6. The van der Waals surface area contributed by atoms with Crippen LogP contribution in [0.25, 0.3) is 0 Å². The molecule has 1 saturated carbocycles. The molecule has 1 aromatic rings. The van der Waals surface area contributed by atoms with Gasteiger partial charge in [-0.2, -0.15) is 11.3 Å². The van der Waals surface area contributed by atoms with Crippen molar-refractivity contribution >= 4 is 17.3 Å². The number of hydrogen-bond acceptors (Lipinski definition) is 2. The first-order valence-corrected chi connectivity index (χ1v) is 7.28. The highest BCUT2D eigenvalue weighted by molar-refractivity contribution is 7.08. The van der Waals surface area contributed by atoms with Crippen LogP contribution in [0.15, 0.2) is 16.8 Å². The van der Waals surface area contributed by atoms with Gasteiger partial charge in [0.2, 0.25) is 0 Å². The van der Waals surface area contributed by atoms with Crippen molar-refractivity contribution in [1.29, 1.82) is 0 Å². The van der Waals surface area contributed by atoms with Crippen LogP contribution in [0.5, 0.6) is 0 Å². The van der Waals surface area contributed by atoms with Crippen LogP contribution in [-0.4, -0.2) is 11.1 Å². The number of thiophene rings is 1. The van der Waals surface area contributed by atoms with Gasteiger partial charge in [-0.05, 0) is 59.4 Å². The maximum Gasteiger partial charge on any atom is 0.307 e. The number of hydrogen-bond donors (Lipinski definition) is 1. The summed E-state index contributed by atoms with van der Waals surface area (Å²) in [7, 11) is 0. The number of carbonyl (C=O) groups is 1. The summed E-state index contributed by atoms with van der Waals surface area (Å²) in [5.74, 6) is 0.754. The number of carboxylic acid groups (broad SMARTS) is 1. The fourth-order valence-corrected chi connectivity index (χ4v) is 3.68. The lowest BCUT2D eigenvalue weighted by atomic mass is 9.69. The molecular weight excluding hydrogens is 232 g/mol. The van der Waals surface area contributed by atoms with Gasteiger partial charge in [-0.3, -0.25) is 4.79 Å². The molecule has 1 aliphatic rings. The Morgan fingerprint density at radius 1 is 1.47 bits per heavy atom. The van der Waals surface area contributed by atoms with Crippen LogP contribution in [0.2, 0.25) is 0 Å². The van der Waals surface area contributed by atoms with Crippen molar-refractivity contribution in [2.45, 2.75) is 39.0 Å². The van der Waals surface area contributed by atoms with Gasteiger partial charge in [0.05, 0.1) is 5.92 Å². The third-order valence-electron chi connectivity index (χ3n) is 4.12. The third-order valence-corrected chi connectivity index (χ3v) is 4.82. The van der Waals surface area contributed by atoms with Gasteiger partial charge in [-0.1, -0.05) is 13.8 Å². The topological polar surface area (TPSA) is 37.3 Å². The van der Waals surface area contributed by atoms with Crippen molar-refractivity contribution in [3.63, 3.8) is 0 Å². The largest absolute Gasteiger partial charge is 0.481 e. The Morgan fingerprint density at radius 2 is 2.24 bits per heavy atom. The molecule has 3 unspecified atom stereocenters. The molecule has 1 aromatic heterocycles. The highest BCUT2D eigenvalue weighted by Crippen LogP contribution is 2.43. The van der Waals surface area contributed by atoms with E-state index in [2.05, 4.69) is 25.3 Å². The molecule has 0 spiro atoms. The maximum absolute atomic E-state index is 11.3. The summed E-state index contributed by atoms with van der Waals surface area (Å²) in [6.45, 7) is 4.49. The van der Waals surface area contributed by atoms with Crippen molar-refractivity contribution in [2.24, 2.45) is 17.8 Å². The predicted octanol–water partition coefficient (Wildman–Crippen LogP) is 3.99. The monoisotopic (exact) mass is 252 g/mol. The summed E-state index contributed by atoms with van der Waals surface area (Å²) in [6.07, 6.45) is 2.93. The molecule has 0 bridgehead atoms. The lowest BCUT2D eigenvalue weighted by Gasteiger charge is -2.35. The molecule has 1 N–H and O–H groups in total. The molecule has 2 nitrogen and oxygen atoms in total. The van der Waals surface area contributed by atoms with Crippen molar-refractivity contribution in [1.82, 2.24) is 0 Å². The molecule has 2 rings (SSSR count). The Hall–Kier alpha value is -0.830. The molecule has 94 valence electrons. The minimum Gasteiger partial charge on any atom is -0.481 e. The molecule has 0 saturated heterocycles.